The number of ketones is 1. The molecule has 0 bridgehead atoms. The largest absolute Gasteiger partial charge is 0.312 e. The van der Waals surface area contributed by atoms with Crippen LogP contribution >= 0.6 is 34.9 Å². The lowest BCUT2D eigenvalue weighted by molar-refractivity contribution is -0.116. The van der Waals surface area contributed by atoms with E-state index in [2.05, 4.69) is 17.1 Å². The van der Waals surface area contributed by atoms with Crippen LogP contribution in [0, 0.1) is 0 Å². The van der Waals surface area contributed by atoms with E-state index in [0.29, 0.717) is 12.1 Å². The lowest BCUT2D eigenvalue weighted by Gasteiger charge is -2.15. The van der Waals surface area contributed by atoms with E-state index in [4.69, 9.17) is 0 Å². The van der Waals surface area contributed by atoms with Crippen molar-refractivity contribution >= 4 is 52.2 Å². The number of amides is 1. The van der Waals surface area contributed by atoms with E-state index in [1.165, 1.54) is 11.8 Å². The SMILES string of the molecule is CCCSc1nnc(S[C@@H](C)C(=O)c2ccc3c(c2)CCN3C(C)=O)s1. The molecule has 1 aromatic carbocycles. The first kappa shape index (κ1) is 19.4. The van der Waals surface area contributed by atoms with E-state index in [1.54, 1.807) is 34.9 Å². The molecule has 0 spiro atoms. The molecule has 2 heterocycles. The van der Waals surface area contributed by atoms with Crippen LogP contribution in [0.15, 0.2) is 26.9 Å². The molecule has 3 rings (SSSR count). The lowest BCUT2D eigenvalue weighted by atomic mass is 10.0. The summed E-state index contributed by atoms with van der Waals surface area (Å²) in [6, 6.07) is 5.64. The fourth-order valence-corrected chi connectivity index (χ4v) is 5.98. The minimum absolute atomic E-state index is 0.0415. The Kier molecular flexibility index (Phi) is 6.37. The molecule has 0 unspecified atom stereocenters. The van der Waals surface area contributed by atoms with Gasteiger partial charge in [-0.3, -0.25) is 9.59 Å². The van der Waals surface area contributed by atoms with Crippen molar-refractivity contribution < 1.29 is 9.59 Å². The van der Waals surface area contributed by atoms with Gasteiger partial charge >= 0.3 is 0 Å². The predicted molar refractivity (Wildman–Crippen MR) is 109 cm³/mol. The Labute approximate surface area is 166 Å². The van der Waals surface area contributed by atoms with Gasteiger partial charge in [0.05, 0.1) is 5.25 Å². The smallest absolute Gasteiger partial charge is 0.223 e. The predicted octanol–water partition coefficient (Wildman–Crippen LogP) is 4.31. The molecule has 1 aliphatic heterocycles. The van der Waals surface area contributed by atoms with Crippen molar-refractivity contribution in [2.24, 2.45) is 0 Å². The molecule has 26 heavy (non-hydrogen) atoms. The topological polar surface area (TPSA) is 63.2 Å². The molecular weight excluding hydrogens is 386 g/mol. The normalized spacial score (nSPS) is 14.3. The maximum absolute atomic E-state index is 12.8. The number of benzene rings is 1. The van der Waals surface area contributed by atoms with Crippen molar-refractivity contribution in [3.8, 4) is 0 Å². The number of hydrogen-bond acceptors (Lipinski definition) is 7. The molecule has 0 saturated carbocycles. The average Bonchev–Trinajstić information content (AvgIpc) is 3.25. The van der Waals surface area contributed by atoms with E-state index in [9.17, 15) is 9.59 Å². The molecule has 1 aliphatic rings. The standard InChI is InChI=1S/C18H21N3O2S3/c1-4-9-24-17-19-20-18(26-17)25-11(2)16(23)14-5-6-15-13(10-14)7-8-21(15)12(3)22/h5-6,10-11H,4,7-9H2,1-3H3/t11-/m0/s1. The van der Waals surface area contributed by atoms with Gasteiger partial charge in [0.1, 0.15) is 0 Å². The van der Waals surface area contributed by atoms with Crippen molar-refractivity contribution in [3.05, 3.63) is 29.3 Å². The highest BCUT2D eigenvalue weighted by Crippen LogP contribution is 2.34. The van der Waals surface area contributed by atoms with Crippen LogP contribution in [0.1, 0.15) is 43.1 Å². The number of Topliss-reactive ketones (excluding diaryl/α,β-unsaturated/α-hetero) is 1. The van der Waals surface area contributed by atoms with Crippen LogP contribution in [-0.4, -0.2) is 39.4 Å². The van der Waals surface area contributed by atoms with Gasteiger partial charge in [0.25, 0.3) is 0 Å². The van der Waals surface area contributed by atoms with Gasteiger partial charge in [-0.2, -0.15) is 0 Å². The molecule has 1 aromatic heterocycles. The van der Waals surface area contributed by atoms with Crippen molar-refractivity contribution in [3.63, 3.8) is 0 Å². The van der Waals surface area contributed by atoms with Gasteiger partial charge in [-0.1, -0.05) is 41.8 Å². The van der Waals surface area contributed by atoms with Crippen molar-refractivity contribution in [2.75, 3.05) is 17.2 Å². The molecule has 0 aliphatic carbocycles. The molecule has 1 atom stereocenters. The van der Waals surface area contributed by atoms with Crippen molar-refractivity contribution in [1.29, 1.82) is 0 Å². The van der Waals surface area contributed by atoms with Crippen molar-refractivity contribution in [1.82, 2.24) is 10.2 Å². The average molecular weight is 408 g/mol. The maximum Gasteiger partial charge on any atom is 0.223 e. The Morgan fingerprint density at radius 2 is 2.08 bits per heavy atom. The van der Waals surface area contributed by atoms with Gasteiger partial charge in [0, 0.05) is 30.5 Å². The first-order chi connectivity index (χ1) is 12.5. The highest BCUT2D eigenvalue weighted by molar-refractivity contribution is 8.03. The molecule has 8 heteroatoms. The summed E-state index contributed by atoms with van der Waals surface area (Å²) in [6.07, 6.45) is 1.90. The molecule has 2 aromatic rings. The maximum atomic E-state index is 12.8. The number of thioether (sulfide) groups is 2. The second-order valence-corrected chi connectivity index (χ2v) is 9.98. The Morgan fingerprint density at radius 1 is 1.31 bits per heavy atom. The number of nitrogens with zero attached hydrogens (tertiary/aromatic N) is 3. The van der Waals surface area contributed by atoms with Crippen LogP contribution in [0.2, 0.25) is 0 Å². The quantitative estimate of drug-likeness (QED) is 0.503. The third-order valence-electron chi connectivity index (χ3n) is 4.10. The van der Waals surface area contributed by atoms with Gasteiger partial charge in [-0.15, -0.1) is 10.2 Å². The minimum Gasteiger partial charge on any atom is -0.312 e. The van der Waals surface area contributed by atoms with Crippen LogP contribution in [-0.2, 0) is 11.2 Å². The number of fused-ring (bicyclic) bond motifs is 1. The summed E-state index contributed by atoms with van der Waals surface area (Å²) in [4.78, 5) is 26.2. The third-order valence-corrected chi connectivity index (χ3v) is 7.55. The van der Waals surface area contributed by atoms with E-state index in [-0.39, 0.29) is 16.9 Å². The molecule has 0 N–H and O–H groups in total. The van der Waals surface area contributed by atoms with Crippen molar-refractivity contribution in [2.45, 2.75) is 47.5 Å². The van der Waals surface area contributed by atoms with Gasteiger partial charge in [-0.05, 0) is 43.5 Å². The molecule has 1 amide bonds. The van der Waals surface area contributed by atoms with Crippen LogP contribution in [0.4, 0.5) is 5.69 Å². The molecular formula is C18H21N3O2S3. The van der Waals surface area contributed by atoms with Gasteiger partial charge in [-0.25, -0.2) is 0 Å². The molecule has 0 saturated heterocycles. The second-order valence-electron chi connectivity index (χ2n) is 6.07. The highest BCUT2D eigenvalue weighted by Gasteiger charge is 2.25. The number of rotatable bonds is 7. The summed E-state index contributed by atoms with van der Waals surface area (Å²) in [5.41, 5.74) is 2.69. The highest BCUT2D eigenvalue weighted by atomic mass is 32.2. The second kappa shape index (κ2) is 8.54. The van der Waals surface area contributed by atoms with Crippen LogP contribution < -0.4 is 4.90 Å². The van der Waals surface area contributed by atoms with Gasteiger partial charge < -0.3 is 4.90 Å². The number of carbonyl (C=O) groups excluding carboxylic acids is 2. The van der Waals surface area contributed by atoms with E-state index in [0.717, 1.165) is 38.5 Å². The molecule has 0 radical (unpaired) electrons. The van der Waals surface area contributed by atoms with E-state index in [1.807, 2.05) is 25.1 Å². The number of hydrogen-bond donors (Lipinski definition) is 0. The lowest BCUT2D eigenvalue weighted by Crippen LogP contribution is -2.25. The zero-order chi connectivity index (χ0) is 18.7. The van der Waals surface area contributed by atoms with Gasteiger partial charge in [0.15, 0.2) is 14.5 Å². The zero-order valence-electron chi connectivity index (χ0n) is 15.0. The zero-order valence-corrected chi connectivity index (χ0v) is 17.5. The number of anilines is 1. The fraction of sp³-hybridized carbons (Fsp3) is 0.444. The molecule has 138 valence electrons. The number of aromatic nitrogens is 2. The first-order valence-corrected chi connectivity index (χ1v) is 11.3. The fourth-order valence-electron chi connectivity index (χ4n) is 2.81. The summed E-state index contributed by atoms with van der Waals surface area (Å²) >= 11 is 4.71. The summed E-state index contributed by atoms with van der Waals surface area (Å²) in [7, 11) is 0. The van der Waals surface area contributed by atoms with Crippen LogP contribution in [0.3, 0.4) is 0 Å². The summed E-state index contributed by atoms with van der Waals surface area (Å²) < 4.78 is 1.78. The Balaban J connectivity index is 1.67. The molecule has 5 nitrogen and oxygen atoms in total. The Bertz CT molecular complexity index is 822. The van der Waals surface area contributed by atoms with Crippen LogP contribution in [0.5, 0.6) is 0 Å². The third kappa shape index (κ3) is 4.29. The van der Waals surface area contributed by atoms with Crippen LogP contribution in [0.25, 0.3) is 0 Å². The monoisotopic (exact) mass is 407 g/mol. The van der Waals surface area contributed by atoms with Gasteiger partial charge in [0.2, 0.25) is 5.91 Å². The summed E-state index contributed by atoms with van der Waals surface area (Å²) in [5, 5.41) is 8.13. The summed E-state index contributed by atoms with van der Waals surface area (Å²) in [6.45, 7) is 6.30. The Morgan fingerprint density at radius 3 is 2.81 bits per heavy atom. The van der Waals surface area contributed by atoms with E-state index >= 15 is 0 Å². The minimum atomic E-state index is -0.227. The molecule has 0 fully saturated rings. The Hall–Kier alpha value is -1.38. The van der Waals surface area contributed by atoms with E-state index < -0.39 is 0 Å². The number of carbonyl (C=O) groups is 2. The first-order valence-electron chi connectivity index (χ1n) is 8.57. The summed E-state index contributed by atoms with van der Waals surface area (Å²) in [5.74, 6) is 1.15.